The molecule has 0 aromatic carbocycles. The van der Waals surface area contributed by atoms with Crippen LogP contribution in [0.25, 0.3) is 9.88 Å². The van der Waals surface area contributed by atoms with Gasteiger partial charge in [-0.2, -0.15) is 0 Å². The van der Waals surface area contributed by atoms with Crippen LogP contribution in [-0.4, -0.2) is 18.0 Å². The Morgan fingerprint density at radius 1 is 1.38 bits per heavy atom. The third kappa shape index (κ3) is 3.81. The number of thiazole rings is 1. The van der Waals surface area contributed by atoms with Crippen molar-refractivity contribution in [2.24, 2.45) is 0 Å². The van der Waals surface area contributed by atoms with Gasteiger partial charge < -0.3 is 8.74 Å². The standard InChI is InChI=1S/C7H5NO4S3.Na/c9-15(10,11)12-6-2-1-5(14-6)7-8-3-4-13-7;/h1-4H,(H,9,10,11);/q;+1/p-1. The minimum absolute atomic E-state index is 0. The maximum Gasteiger partial charge on any atom is 1.00 e. The summed E-state index contributed by atoms with van der Waals surface area (Å²) >= 11 is 2.49. The van der Waals surface area contributed by atoms with Crippen molar-refractivity contribution in [3.63, 3.8) is 0 Å². The van der Waals surface area contributed by atoms with Crippen LogP contribution in [0.2, 0.25) is 0 Å². The van der Waals surface area contributed by atoms with Crippen LogP contribution in [0.1, 0.15) is 0 Å². The Kier molecular flexibility index (Phi) is 4.92. The Morgan fingerprint density at radius 3 is 2.69 bits per heavy atom. The number of thiophene rings is 1. The average Bonchev–Trinajstić information content (AvgIpc) is 2.68. The third-order valence-corrected chi connectivity index (χ3v) is 3.80. The van der Waals surface area contributed by atoms with Gasteiger partial charge in [0.1, 0.15) is 5.01 Å². The maximum absolute atomic E-state index is 10.3. The Morgan fingerprint density at radius 2 is 2.12 bits per heavy atom. The molecule has 0 fully saturated rings. The van der Waals surface area contributed by atoms with E-state index >= 15 is 0 Å². The summed E-state index contributed by atoms with van der Waals surface area (Å²) < 4.78 is 35.1. The van der Waals surface area contributed by atoms with Crippen molar-refractivity contribution in [3.8, 4) is 14.9 Å². The van der Waals surface area contributed by atoms with E-state index in [1.807, 2.05) is 0 Å². The number of rotatable bonds is 3. The molecule has 0 radical (unpaired) electrons. The van der Waals surface area contributed by atoms with E-state index in [9.17, 15) is 13.0 Å². The largest absolute Gasteiger partial charge is 1.00 e. The minimum Gasteiger partial charge on any atom is -0.716 e. The Bertz CT molecular complexity index is 548. The second-order valence-electron chi connectivity index (χ2n) is 2.45. The predicted molar refractivity (Wildman–Crippen MR) is 55.8 cm³/mol. The quantitative estimate of drug-likeness (QED) is 0.398. The van der Waals surface area contributed by atoms with Crippen LogP contribution in [-0.2, 0) is 10.4 Å². The summed E-state index contributed by atoms with van der Waals surface area (Å²) in [5.74, 6) is 0. The molecule has 80 valence electrons. The van der Waals surface area contributed by atoms with Gasteiger partial charge >= 0.3 is 29.6 Å². The molecule has 0 spiro atoms. The molecule has 2 aromatic rings. The third-order valence-electron chi connectivity index (χ3n) is 1.41. The first-order valence-electron chi connectivity index (χ1n) is 3.69. The van der Waals surface area contributed by atoms with E-state index in [4.69, 9.17) is 0 Å². The van der Waals surface area contributed by atoms with Gasteiger partial charge in [-0.3, -0.25) is 0 Å². The van der Waals surface area contributed by atoms with Crippen molar-refractivity contribution in [1.82, 2.24) is 4.98 Å². The smallest absolute Gasteiger partial charge is 0.716 e. The molecular weight excluding hydrogens is 281 g/mol. The summed E-state index contributed by atoms with van der Waals surface area (Å²) in [6.45, 7) is 0. The topological polar surface area (TPSA) is 79.3 Å². The molecule has 0 N–H and O–H groups in total. The van der Waals surface area contributed by atoms with E-state index < -0.39 is 10.4 Å². The van der Waals surface area contributed by atoms with Crippen molar-refractivity contribution in [1.29, 1.82) is 0 Å². The first kappa shape index (κ1) is 14.1. The minimum atomic E-state index is -4.69. The van der Waals surface area contributed by atoms with Crippen LogP contribution in [0, 0.1) is 0 Å². The molecule has 0 saturated carbocycles. The first-order chi connectivity index (χ1) is 7.04. The van der Waals surface area contributed by atoms with Crippen molar-refractivity contribution in [2.45, 2.75) is 0 Å². The molecule has 0 atom stereocenters. The molecule has 9 heteroatoms. The van der Waals surface area contributed by atoms with Gasteiger partial charge in [0.2, 0.25) is 0 Å². The number of nitrogens with zero attached hydrogens (tertiary/aromatic N) is 1. The summed E-state index contributed by atoms with van der Waals surface area (Å²) in [5, 5.41) is 2.62. The SMILES string of the molecule is O=S(=O)([O-])Oc1ccc(-c2nccs2)s1.[Na+]. The van der Waals surface area contributed by atoms with Gasteiger partial charge in [-0.25, -0.2) is 13.4 Å². The fraction of sp³-hybridized carbons (Fsp3) is 0. The van der Waals surface area contributed by atoms with Crippen molar-refractivity contribution in [2.75, 3.05) is 0 Å². The van der Waals surface area contributed by atoms with E-state index in [-0.39, 0.29) is 34.6 Å². The summed E-state index contributed by atoms with van der Waals surface area (Å²) in [6, 6.07) is 3.08. The molecule has 0 bridgehead atoms. The Labute approximate surface area is 122 Å². The van der Waals surface area contributed by atoms with Crippen LogP contribution in [0.3, 0.4) is 0 Å². The number of aromatic nitrogens is 1. The molecule has 2 heterocycles. The fourth-order valence-corrected chi connectivity index (χ4v) is 3.02. The fourth-order valence-electron chi connectivity index (χ4n) is 0.926. The zero-order valence-corrected chi connectivity index (χ0v) is 12.6. The van der Waals surface area contributed by atoms with E-state index in [1.165, 1.54) is 17.4 Å². The molecule has 0 unspecified atom stereocenters. The van der Waals surface area contributed by atoms with Crippen molar-refractivity contribution in [3.05, 3.63) is 23.7 Å². The van der Waals surface area contributed by atoms with Crippen LogP contribution >= 0.6 is 22.7 Å². The van der Waals surface area contributed by atoms with Crippen LogP contribution < -0.4 is 33.7 Å². The molecule has 0 saturated heterocycles. The molecular formula is C7H4NNaO4S3. The Hall–Kier alpha value is 0.0400. The molecule has 2 rings (SSSR count). The zero-order valence-electron chi connectivity index (χ0n) is 8.11. The monoisotopic (exact) mass is 285 g/mol. The van der Waals surface area contributed by atoms with Gasteiger partial charge in [0.25, 0.3) is 10.4 Å². The van der Waals surface area contributed by atoms with Gasteiger partial charge in [-0.15, -0.1) is 11.3 Å². The molecule has 0 aliphatic carbocycles. The van der Waals surface area contributed by atoms with E-state index in [1.54, 1.807) is 17.6 Å². The van der Waals surface area contributed by atoms with E-state index in [2.05, 4.69) is 9.17 Å². The normalized spacial score (nSPS) is 10.8. The number of hydrogen-bond donors (Lipinski definition) is 0. The average molecular weight is 285 g/mol. The predicted octanol–water partition coefficient (Wildman–Crippen LogP) is -1.29. The number of hydrogen-bond acceptors (Lipinski definition) is 7. The second-order valence-corrected chi connectivity index (χ2v) is 5.37. The Balaban J connectivity index is 0.00000128. The summed E-state index contributed by atoms with van der Waals surface area (Å²) in [5.41, 5.74) is 0. The second kappa shape index (κ2) is 5.58. The van der Waals surface area contributed by atoms with Crippen molar-refractivity contribution >= 4 is 33.1 Å². The van der Waals surface area contributed by atoms with Crippen LogP contribution in [0.5, 0.6) is 5.06 Å². The van der Waals surface area contributed by atoms with Gasteiger partial charge in [-0.05, 0) is 12.1 Å². The van der Waals surface area contributed by atoms with Gasteiger partial charge in [0.15, 0.2) is 5.06 Å². The summed E-state index contributed by atoms with van der Waals surface area (Å²) in [6.07, 6.45) is 1.64. The first-order valence-corrected chi connectivity index (χ1v) is 6.72. The van der Waals surface area contributed by atoms with Crippen LogP contribution in [0.15, 0.2) is 23.7 Å². The van der Waals surface area contributed by atoms with Crippen molar-refractivity contribution < 1.29 is 46.7 Å². The van der Waals surface area contributed by atoms with Gasteiger partial charge in [0, 0.05) is 11.6 Å². The zero-order chi connectivity index (χ0) is 10.9. The van der Waals surface area contributed by atoms with Gasteiger partial charge in [0.05, 0.1) is 4.88 Å². The molecule has 5 nitrogen and oxygen atoms in total. The van der Waals surface area contributed by atoms with E-state index in [0.29, 0.717) is 0 Å². The summed E-state index contributed by atoms with van der Waals surface area (Å²) in [4.78, 5) is 4.81. The van der Waals surface area contributed by atoms with Crippen LogP contribution in [0.4, 0.5) is 0 Å². The molecule has 2 aromatic heterocycles. The molecule has 0 aliphatic rings. The van der Waals surface area contributed by atoms with E-state index in [0.717, 1.165) is 21.2 Å². The maximum atomic E-state index is 10.3. The molecule has 0 amide bonds. The molecule has 16 heavy (non-hydrogen) atoms. The molecule has 0 aliphatic heterocycles. The summed E-state index contributed by atoms with van der Waals surface area (Å²) in [7, 11) is -4.69. The van der Waals surface area contributed by atoms with Gasteiger partial charge in [-0.1, -0.05) is 11.3 Å².